The number of methoxy groups -OCH3 is 3. The van der Waals surface area contributed by atoms with Crippen molar-refractivity contribution in [2.24, 2.45) is 0 Å². The molecule has 0 aromatic heterocycles. The number of benzene rings is 3. The maximum atomic E-state index is 14.8. The van der Waals surface area contributed by atoms with E-state index in [2.05, 4.69) is 0 Å². The van der Waals surface area contributed by atoms with Crippen LogP contribution >= 0.6 is 11.6 Å². The van der Waals surface area contributed by atoms with Crippen molar-refractivity contribution < 1.29 is 31.8 Å². The van der Waals surface area contributed by atoms with Gasteiger partial charge in [0.2, 0.25) is 0 Å². The summed E-state index contributed by atoms with van der Waals surface area (Å²) in [7, 11) is -0.0817. The number of carbonyl (C=O) groups excluding carboxylic acids is 1. The second-order valence-electron chi connectivity index (χ2n) is 7.21. The third kappa shape index (κ3) is 3.88. The molecule has 1 heterocycles. The third-order valence-corrected chi connectivity index (χ3v) is 7.43. The van der Waals surface area contributed by atoms with Crippen LogP contribution in [0.25, 0.3) is 0 Å². The van der Waals surface area contributed by atoms with E-state index in [0.717, 1.165) is 11.0 Å². The molecule has 0 N–H and O–H groups in total. The zero-order valence-corrected chi connectivity index (χ0v) is 20.0. The van der Waals surface area contributed by atoms with Gasteiger partial charge < -0.3 is 14.2 Å². The number of para-hydroxylation sites is 1. The number of sulfonamides is 1. The molecular weight excluding hydrogens is 487 g/mol. The van der Waals surface area contributed by atoms with Crippen molar-refractivity contribution in [3.05, 3.63) is 71.0 Å². The lowest BCUT2D eigenvalue weighted by Gasteiger charge is -2.36. The smallest absolute Gasteiger partial charge is 0.343 e. The van der Waals surface area contributed by atoms with E-state index in [0.29, 0.717) is 10.1 Å². The van der Waals surface area contributed by atoms with Crippen molar-refractivity contribution in [3.63, 3.8) is 0 Å². The fourth-order valence-corrected chi connectivity index (χ4v) is 5.51. The molecule has 0 bridgehead atoms. The molecule has 3 aromatic carbocycles. The molecule has 0 unspecified atom stereocenters. The molecule has 11 heteroatoms. The van der Waals surface area contributed by atoms with Crippen molar-refractivity contribution in [1.82, 2.24) is 0 Å². The largest absolute Gasteiger partial charge is 0.497 e. The Balaban J connectivity index is 1.87. The molecule has 0 atom stereocenters. The van der Waals surface area contributed by atoms with Crippen LogP contribution in [0.4, 0.5) is 20.6 Å². The number of rotatable bonds is 6. The quantitative estimate of drug-likeness (QED) is 0.475. The van der Waals surface area contributed by atoms with Crippen LogP contribution in [-0.4, -0.2) is 35.8 Å². The lowest BCUT2D eigenvalue weighted by molar-refractivity contribution is 0.253. The van der Waals surface area contributed by atoms with Gasteiger partial charge in [-0.2, -0.15) is 4.31 Å². The van der Waals surface area contributed by atoms with E-state index in [1.807, 2.05) is 0 Å². The number of ether oxygens (including phenoxy) is 3. The van der Waals surface area contributed by atoms with Crippen LogP contribution in [0.3, 0.4) is 0 Å². The SMILES string of the molecule is COc1cc(F)c(CN2C(=O)N(c3ccc(OC)c(OC)c3)S(=O)(=O)c3ccccc32)c(Cl)c1. The van der Waals surface area contributed by atoms with Crippen molar-refractivity contribution >= 4 is 39.0 Å². The van der Waals surface area contributed by atoms with Gasteiger partial charge in [-0.3, -0.25) is 4.90 Å². The Bertz CT molecular complexity index is 1360. The highest BCUT2D eigenvalue weighted by Gasteiger charge is 2.43. The topological polar surface area (TPSA) is 85.4 Å². The summed E-state index contributed by atoms with van der Waals surface area (Å²) < 4.78 is 57.9. The van der Waals surface area contributed by atoms with Gasteiger partial charge in [0.05, 0.1) is 44.3 Å². The van der Waals surface area contributed by atoms with Gasteiger partial charge >= 0.3 is 6.03 Å². The fraction of sp³-hybridized carbons (Fsp3) is 0.174. The molecule has 0 radical (unpaired) electrons. The first-order valence-electron chi connectivity index (χ1n) is 9.92. The standard InChI is InChI=1S/C23H20ClFN2O6S/c1-31-15-11-17(24)16(18(25)12-15)13-26-19-6-4-5-7-22(19)34(29,30)27(23(26)28)14-8-9-20(32-2)21(10-14)33-3/h4-12H,13H2,1-3H3. The molecule has 3 aromatic rings. The van der Waals surface area contributed by atoms with E-state index in [1.54, 1.807) is 6.07 Å². The predicted molar refractivity (Wildman–Crippen MR) is 125 cm³/mol. The van der Waals surface area contributed by atoms with Gasteiger partial charge in [-0.05, 0) is 30.3 Å². The van der Waals surface area contributed by atoms with Gasteiger partial charge in [0.25, 0.3) is 10.0 Å². The van der Waals surface area contributed by atoms with Gasteiger partial charge in [0, 0.05) is 17.7 Å². The first-order valence-corrected chi connectivity index (χ1v) is 11.7. The minimum absolute atomic E-state index is 0.0113. The molecule has 2 amide bonds. The predicted octanol–water partition coefficient (Wildman–Crippen LogP) is 4.84. The van der Waals surface area contributed by atoms with Crippen LogP contribution < -0.4 is 23.4 Å². The van der Waals surface area contributed by atoms with Crippen LogP contribution in [0.5, 0.6) is 17.2 Å². The van der Waals surface area contributed by atoms with Crippen LogP contribution in [-0.2, 0) is 16.6 Å². The Kier molecular flexibility index (Phi) is 6.28. The average Bonchev–Trinajstić information content (AvgIpc) is 2.82. The highest BCUT2D eigenvalue weighted by Crippen LogP contribution is 2.41. The van der Waals surface area contributed by atoms with Crippen molar-refractivity contribution in [2.45, 2.75) is 11.4 Å². The van der Waals surface area contributed by atoms with Crippen LogP contribution in [0, 0.1) is 5.82 Å². The Labute approximate surface area is 201 Å². The van der Waals surface area contributed by atoms with Crippen molar-refractivity contribution in [1.29, 1.82) is 0 Å². The van der Waals surface area contributed by atoms with Crippen LogP contribution in [0.15, 0.2) is 59.5 Å². The van der Waals surface area contributed by atoms with Crippen LogP contribution in [0.1, 0.15) is 5.56 Å². The highest BCUT2D eigenvalue weighted by molar-refractivity contribution is 7.94. The van der Waals surface area contributed by atoms with E-state index in [4.69, 9.17) is 25.8 Å². The molecule has 0 fully saturated rings. The summed E-state index contributed by atoms with van der Waals surface area (Å²) in [5.41, 5.74) is 0.149. The number of halogens is 2. The van der Waals surface area contributed by atoms with E-state index in [-0.39, 0.29) is 44.9 Å². The summed E-state index contributed by atoms with van der Waals surface area (Å²) in [6.45, 7) is -0.316. The molecule has 0 aliphatic carbocycles. The lowest BCUT2D eigenvalue weighted by Crippen LogP contribution is -2.50. The van der Waals surface area contributed by atoms with Gasteiger partial charge in [0.15, 0.2) is 11.5 Å². The number of fused-ring (bicyclic) bond motifs is 1. The van der Waals surface area contributed by atoms with Crippen LogP contribution in [0.2, 0.25) is 5.02 Å². The molecule has 0 spiro atoms. The molecule has 178 valence electrons. The Morgan fingerprint density at radius 2 is 1.65 bits per heavy atom. The molecule has 1 aliphatic rings. The Morgan fingerprint density at radius 3 is 2.29 bits per heavy atom. The number of hydrogen-bond donors (Lipinski definition) is 0. The molecule has 4 rings (SSSR count). The number of anilines is 2. The second kappa shape index (κ2) is 9.03. The minimum atomic E-state index is -4.29. The average molecular weight is 507 g/mol. The molecule has 8 nitrogen and oxygen atoms in total. The Morgan fingerprint density at radius 1 is 0.941 bits per heavy atom. The normalized spacial score (nSPS) is 14.6. The van der Waals surface area contributed by atoms with E-state index >= 15 is 0 Å². The Hall–Kier alpha value is -3.50. The van der Waals surface area contributed by atoms with Gasteiger partial charge in [0.1, 0.15) is 16.5 Å². The highest BCUT2D eigenvalue weighted by atomic mass is 35.5. The molecule has 0 saturated heterocycles. The summed E-state index contributed by atoms with van der Waals surface area (Å²) in [6, 6.07) is 11.9. The number of carbonyl (C=O) groups is 1. The van der Waals surface area contributed by atoms with Crippen molar-refractivity contribution in [3.8, 4) is 17.2 Å². The maximum Gasteiger partial charge on any atom is 0.343 e. The first-order chi connectivity index (χ1) is 16.2. The van der Waals surface area contributed by atoms with E-state index in [1.165, 1.54) is 63.8 Å². The first kappa shape index (κ1) is 23.7. The van der Waals surface area contributed by atoms with E-state index in [9.17, 15) is 17.6 Å². The maximum absolute atomic E-state index is 14.8. The number of amides is 2. The summed E-state index contributed by atoms with van der Waals surface area (Å²) in [5, 5.41) is 0.0354. The molecule has 0 saturated carbocycles. The van der Waals surface area contributed by atoms with E-state index < -0.39 is 21.9 Å². The second-order valence-corrected chi connectivity index (χ2v) is 9.38. The number of hydrogen-bond acceptors (Lipinski definition) is 6. The molecule has 34 heavy (non-hydrogen) atoms. The lowest BCUT2D eigenvalue weighted by atomic mass is 10.1. The summed E-state index contributed by atoms with van der Waals surface area (Å²) in [6.07, 6.45) is 0. The monoisotopic (exact) mass is 506 g/mol. The van der Waals surface area contributed by atoms with Gasteiger partial charge in [-0.15, -0.1) is 0 Å². The fourth-order valence-electron chi connectivity index (χ4n) is 3.67. The summed E-state index contributed by atoms with van der Waals surface area (Å²) in [5.74, 6) is 0.113. The third-order valence-electron chi connectivity index (χ3n) is 5.35. The number of urea groups is 1. The summed E-state index contributed by atoms with van der Waals surface area (Å²) >= 11 is 6.27. The summed E-state index contributed by atoms with van der Waals surface area (Å²) in [4.78, 5) is 14.7. The molecule has 1 aliphatic heterocycles. The van der Waals surface area contributed by atoms with Gasteiger partial charge in [-0.25, -0.2) is 17.6 Å². The minimum Gasteiger partial charge on any atom is -0.497 e. The number of nitrogens with zero attached hydrogens (tertiary/aromatic N) is 2. The van der Waals surface area contributed by atoms with Crippen molar-refractivity contribution in [2.75, 3.05) is 30.5 Å². The molecular formula is C23H20ClFN2O6S. The van der Waals surface area contributed by atoms with Gasteiger partial charge in [-0.1, -0.05) is 23.7 Å². The zero-order chi connectivity index (χ0) is 24.6. The zero-order valence-electron chi connectivity index (χ0n) is 18.4.